The van der Waals surface area contributed by atoms with Crippen LogP contribution < -0.4 is 14.8 Å². The van der Waals surface area contributed by atoms with Crippen LogP contribution in [0.2, 0.25) is 5.02 Å². The Labute approximate surface area is 155 Å². The van der Waals surface area contributed by atoms with Crippen molar-refractivity contribution in [2.24, 2.45) is 0 Å². The third-order valence-corrected chi connectivity index (χ3v) is 4.11. The van der Waals surface area contributed by atoms with Crippen LogP contribution in [-0.4, -0.2) is 14.2 Å². The van der Waals surface area contributed by atoms with E-state index in [4.69, 9.17) is 21.1 Å². The minimum Gasteiger partial charge on any atom is -0.493 e. The minimum absolute atomic E-state index is 0. The number of benzene rings is 2. The highest BCUT2D eigenvalue weighted by Crippen LogP contribution is 2.36. The lowest BCUT2D eigenvalue weighted by Crippen LogP contribution is -2.20. The first-order valence-electron chi connectivity index (χ1n) is 7.88. The molecule has 2 rings (SSSR count). The van der Waals surface area contributed by atoms with Crippen LogP contribution >= 0.6 is 24.0 Å². The first kappa shape index (κ1) is 20.6. The van der Waals surface area contributed by atoms with E-state index in [-0.39, 0.29) is 12.4 Å². The van der Waals surface area contributed by atoms with E-state index in [0.29, 0.717) is 22.6 Å². The fourth-order valence-corrected chi connectivity index (χ4v) is 2.99. The summed E-state index contributed by atoms with van der Waals surface area (Å²) in [5.41, 5.74) is 2.38. The Morgan fingerprint density at radius 2 is 1.79 bits per heavy atom. The molecule has 0 fully saturated rings. The molecule has 2 aromatic rings. The molecule has 0 spiro atoms. The van der Waals surface area contributed by atoms with Gasteiger partial charge >= 0.3 is 0 Å². The van der Waals surface area contributed by atoms with Crippen LogP contribution in [0.5, 0.6) is 11.5 Å². The highest BCUT2D eigenvalue weighted by molar-refractivity contribution is 6.32. The van der Waals surface area contributed by atoms with Gasteiger partial charge in [-0.3, -0.25) is 0 Å². The smallest absolute Gasteiger partial charge is 0.179 e. The normalized spacial score (nSPS) is 11.5. The maximum atomic E-state index is 6.27. The summed E-state index contributed by atoms with van der Waals surface area (Å²) in [6.45, 7) is 2.92. The van der Waals surface area contributed by atoms with Crippen molar-refractivity contribution in [3.05, 3.63) is 58.6 Å². The van der Waals surface area contributed by atoms with Crippen LogP contribution in [0, 0.1) is 0 Å². The highest BCUT2D eigenvalue weighted by atomic mass is 35.5. The van der Waals surface area contributed by atoms with Gasteiger partial charge in [0.15, 0.2) is 11.5 Å². The molecule has 0 bridgehead atoms. The van der Waals surface area contributed by atoms with Gasteiger partial charge in [0.2, 0.25) is 0 Å². The van der Waals surface area contributed by atoms with Crippen molar-refractivity contribution >= 4 is 24.0 Å². The van der Waals surface area contributed by atoms with E-state index in [0.717, 1.165) is 24.9 Å². The SMILES string of the molecule is CCCC(NCc1cc(Cl)c(OC)c(OC)c1)c1ccccc1.Cl. The van der Waals surface area contributed by atoms with Gasteiger partial charge in [-0.15, -0.1) is 12.4 Å². The van der Waals surface area contributed by atoms with E-state index in [1.807, 2.05) is 18.2 Å². The topological polar surface area (TPSA) is 30.5 Å². The third kappa shape index (κ3) is 5.30. The fourth-order valence-electron chi connectivity index (χ4n) is 2.68. The number of methoxy groups -OCH3 is 2. The molecule has 5 heteroatoms. The van der Waals surface area contributed by atoms with Crippen molar-refractivity contribution in [2.45, 2.75) is 32.4 Å². The predicted molar refractivity (Wildman–Crippen MR) is 103 cm³/mol. The van der Waals surface area contributed by atoms with E-state index in [2.05, 4.69) is 36.5 Å². The summed E-state index contributed by atoms with van der Waals surface area (Å²) in [6.07, 6.45) is 2.21. The first-order valence-corrected chi connectivity index (χ1v) is 8.26. The van der Waals surface area contributed by atoms with E-state index >= 15 is 0 Å². The van der Waals surface area contributed by atoms with Crippen molar-refractivity contribution < 1.29 is 9.47 Å². The second kappa shape index (κ2) is 10.4. The lowest BCUT2D eigenvalue weighted by Gasteiger charge is -2.19. The summed E-state index contributed by atoms with van der Waals surface area (Å²) >= 11 is 6.27. The minimum atomic E-state index is 0. The fraction of sp³-hybridized carbons (Fsp3) is 0.368. The zero-order chi connectivity index (χ0) is 16.7. The average molecular weight is 370 g/mol. The third-order valence-electron chi connectivity index (χ3n) is 3.83. The van der Waals surface area contributed by atoms with Gasteiger partial charge in [-0.2, -0.15) is 0 Å². The van der Waals surface area contributed by atoms with Gasteiger partial charge in [0.1, 0.15) is 0 Å². The molecular weight excluding hydrogens is 345 g/mol. The van der Waals surface area contributed by atoms with E-state index in [9.17, 15) is 0 Å². The quantitative estimate of drug-likeness (QED) is 0.674. The van der Waals surface area contributed by atoms with E-state index in [1.165, 1.54) is 5.56 Å². The number of hydrogen-bond acceptors (Lipinski definition) is 3. The summed E-state index contributed by atoms with van der Waals surface area (Å²) in [5.74, 6) is 1.23. The molecule has 0 aliphatic rings. The Morgan fingerprint density at radius 1 is 1.08 bits per heavy atom. The first-order chi connectivity index (χ1) is 11.2. The van der Waals surface area contributed by atoms with Crippen molar-refractivity contribution in [2.75, 3.05) is 14.2 Å². The van der Waals surface area contributed by atoms with Crippen LogP contribution in [0.15, 0.2) is 42.5 Å². The second-order valence-electron chi connectivity index (χ2n) is 5.45. The lowest BCUT2D eigenvalue weighted by atomic mass is 10.0. The van der Waals surface area contributed by atoms with Crippen molar-refractivity contribution in [3.8, 4) is 11.5 Å². The molecule has 132 valence electrons. The molecule has 0 radical (unpaired) electrons. The Kier molecular flexibility index (Phi) is 8.98. The Hall–Kier alpha value is -1.42. The van der Waals surface area contributed by atoms with Crippen LogP contribution in [0.4, 0.5) is 0 Å². The van der Waals surface area contributed by atoms with Crippen molar-refractivity contribution in [3.63, 3.8) is 0 Å². The van der Waals surface area contributed by atoms with Gasteiger partial charge in [0, 0.05) is 12.6 Å². The van der Waals surface area contributed by atoms with Gasteiger partial charge in [-0.25, -0.2) is 0 Å². The molecule has 3 nitrogen and oxygen atoms in total. The molecule has 1 N–H and O–H groups in total. The largest absolute Gasteiger partial charge is 0.493 e. The van der Waals surface area contributed by atoms with Gasteiger partial charge < -0.3 is 14.8 Å². The summed E-state index contributed by atoms with van der Waals surface area (Å²) < 4.78 is 10.6. The Bertz CT molecular complexity index is 620. The Morgan fingerprint density at radius 3 is 2.38 bits per heavy atom. The summed E-state index contributed by atoms with van der Waals surface area (Å²) in [7, 11) is 3.21. The van der Waals surface area contributed by atoms with Gasteiger partial charge in [-0.05, 0) is 29.7 Å². The number of ether oxygens (including phenoxy) is 2. The maximum Gasteiger partial charge on any atom is 0.179 e. The molecule has 0 saturated carbocycles. The summed E-state index contributed by atoms with van der Waals surface area (Å²) in [5, 5.41) is 4.18. The van der Waals surface area contributed by atoms with Gasteiger partial charge in [0.25, 0.3) is 0 Å². The number of halogens is 2. The molecule has 1 unspecified atom stereocenters. The van der Waals surface area contributed by atoms with Crippen LogP contribution in [0.1, 0.15) is 36.9 Å². The molecule has 0 aliphatic carbocycles. The molecule has 0 saturated heterocycles. The van der Waals surface area contributed by atoms with Crippen LogP contribution in [0.25, 0.3) is 0 Å². The number of rotatable bonds is 8. The highest BCUT2D eigenvalue weighted by Gasteiger charge is 2.13. The monoisotopic (exact) mass is 369 g/mol. The number of nitrogens with one attached hydrogen (secondary N) is 1. The molecule has 0 aromatic heterocycles. The van der Waals surface area contributed by atoms with Crippen molar-refractivity contribution in [1.29, 1.82) is 0 Å². The maximum absolute atomic E-state index is 6.27. The molecule has 0 heterocycles. The van der Waals surface area contributed by atoms with E-state index < -0.39 is 0 Å². The Balaban J connectivity index is 0.00000288. The van der Waals surface area contributed by atoms with Crippen LogP contribution in [-0.2, 0) is 6.54 Å². The molecular formula is C19H25Cl2NO2. The van der Waals surface area contributed by atoms with Gasteiger partial charge in [0.05, 0.1) is 19.2 Å². The van der Waals surface area contributed by atoms with Crippen LogP contribution in [0.3, 0.4) is 0 Å². The molecule has 0 aliphatic heterocycles. The molecule has 2 aromatic carbocycles. The van der Waals surface area contributed by atoms with Gasteiger partial charge in [-0.1, -0.05) is 55.3 Å². The molecule has 1 atom stereocenters. The standard InChI is InChI=1S/C19H24ClNO2.ClH/c1-4-8-17(15-9-6-5-7-10-15)21-13-14-11-16(20)19(23-3)18(12-14)22-2;/h5-7,9-12,17,21H,4,8,13H2,1-3H3;1H. The molecule has 0 amide bonds. The van der Waals surface area contributed by atoms with Crippen molar-refractivity contribution in [1.82, 2.24) is 5.32 Å². The van der Waals surface area contributed by atoms with E-state index in [1.54, 1.807) is 14.2 Å². The predicted octanol–water partition coefficient (Wildman–Crippen LogP) is 5.41. The second-order valence-corrected chi connectivity index (χ2v) is 5.85. The summed E-state index contributed by atoms with van der Waals surface area (Å²) in [6, 6.07) is 14.7. The lowest BCUT2D eigenvalue weighted by molar-refractivity contribution is 0.354. The molecule has 24 heavy (non-hydrogen) atoms. The zero-order valence-corrected chi connectivity index (χ0v) is 15.9. The average Bonchev–Trinajstić information content (AvgIpc) is 2.58. The summed E-state index contributed by atoms with van der Waals surface area (Å²) in [4.78, 5) is 0. The zero-order valence-electron chi connectivity index (χ0n) is 14.3. The number of hydrogen-bond donors (Lipinski definition) is 1.